The summed E-state index contributed by atoms with van der Waals surface area (Å²) in [5.41, 5.74) is 6.21. The summed E-state index contributed by atoms with van der Waals surface area (Å²) in [6.07, 6.45) is 1.63. The van der Waals surface area contributed by atoms with E-state index in [1.807, 2.05) is 0 Å². The number of aliphatic hydroxyl groups is 1. The van der Waals surface area contributed by atoms with E-state index < -0.39 is 23.9 Å². The van der Waals surface area contributed by atoms with Crippen molar-refractivity contribution in [3.63, 3.8) is 0 Å². The van der Waals surface area contributed by atoms with Gasteiger partial charge in [-0.25, -0.2) is 4.39 Å². The minimum absolute atomic E-state index is 0.306. The van der Waals surface area contributed by atoms with Crippen molar-refractivity contribution in [2.75, 3.05) is 11.4 Å². The average Bonchev–Trinajstić information content (AvgIpc) is 2.38. The summed E-state index contributed by atoms with van der Waals surface area (Å²) in [6, 6.07) is 4.08. The number of aliphatic hydroxyl groups excluding tert-OH is 1. The van der Waals surface area contributed by atoms with E-state index >= 15 is 0 Å². The van der Waals surface area contributed by atoms with E-state index in [4.69, 9.17) is 5.73 Å². The molecule has 1 aromatic rings. The lowest BCUT2D eigenvalue weighted by atomic mass is 9.98. The molecule has 2 atom stereocenters. The molecule has 0 radical (unpaired) electrons. The molecule has 2 rings (SSSR count). The lowest BCUT2D eigenvalue weighted by molar-refractivity contribution is -0.119. The van der Waals surface area contributed by atoms with E-state index in [2.05, 4.69) is 0 Å². The first-order valence-electron chi connectivity index (χ1n) is 6.54. The number of hydrogen-bond acceptors (Lipinski definition) is 3. The van der Waals surface area contributed by atoms with E-state index in [-0.39, 0.29) is 0 Å². The van der Waals surface area contributed by atoms with Crippen molar-refractivity contribution in [2.45, 2.75) is 38.3 Å². The summed E-state index contributed by atoms with van der Waals surface area (Å²) < 4.78 is 14.1. The highest BCUT2D eigenvalue weighted by molar-refractivity contribution is 5.84. The molecule has 104 valence electrons. The first-order chi connectivity index (χ1) is 9.02. The van der Waals surface area contributed by atoms with Crippen molar-refractivity contribution in [1.82, 2.24) is 0 Å². The van der Waals surface area contributed by atoms with Gasteiger partial charge in [-0.1, -0.05) is 12.1 Å². The van der Waals surface area contributed by atoms with E-state index in [0.29, 0.717) is 24.2 Å². The fourth-order valence-electron chi connectivity index (χ4n) is 2.67. The molecule has 1 aromatic carbocycles. The molecule has 3 N–H and O–H groups in total. The predicted octanol–water partition coefficient (Wildman–Crippen LogP) is 1.72. The van der Waals surface area contributed by atoms with Gasteiger partial charge in [0.25, 0.3) is 0 Å². The quantitative estimate of drug-likeness (QED) is 0.875. The van der Waals surface area contributed by atoms with Gasteiger partial charge in [-0.3, -0.25) is 4.79 Å². The Morgan fingerprint density at radius 3 is 2.89 bits per heavy atom. The van der Waals surface area contributed by atoms with Crippen LogP contribution in [0.1, 0.15) is 37.9 Å². The molecule has 1 aliphatic rings. The van der Waals surface area contributed by atoms with Crippen LogP contribution >= 0.6 is 0 Å². The SMILES string of the molecule is C[C@@H](O)c1cccc(F)c1N1CCCCC1C(N)=O. The van der Waals surface area contributed by atoms with Gasteiger partial charge in [0.15, 0.2) is 0 Å². The van der Waals surface area contributed by atoms with Crippen molar-refractivity contribution < 1.29 is 14.3 Å². The second-order valence-corrected chi connectivity index (χ2v) is 4.96. The molecular weight excluding hydrogens is 247 g/mol. The second kappa shape index (κ2) is 5.57. The van der Waals surface area contributed by atoms with Crippen molar-refractivity contribution in [3.8, 4) is 0 Å². The highest BCUT2D eigenvalue weighted by Gasteiger charge is 2.30. The molecule has 0 aliphatic carbocycles. The number of hydrogen-bond donors (Lipinski definition) is 2. The Morgan fingerprint density at radius 2 is 2.26 bits per heavy atom. The van der Waals surface area contributed by atoms with Crippen LogP contribution in [0.15, 0.2) is 18.2 Å². The minimum atomic E-state index is -0.791. The van der Waals surface area contributed by atoms with Gasteiger partial charge >= 0.3 is 0 Å². The largest absolute Gasteiger partial charge is 0.389 e. The fraction of sp³-hybridized carbons (Fsp3) is 0.500. The molecule has 5 heteroatoms. The number of nitrogens with two attached hydrogens (primary N) is 1. The zero-order chi connectivity index (χ0) is 14.0. The van der Waals surface area contributed by atoms with Gasteiger partial charge in [0.1, 0.15) is 11.9 Å². The Labute approximate surface area is 112 Å². The van der Waals surface area contributed by atoms with Crippen LogP contribution in [0.25, 0.3) is 0 Å². The number of anilines is 1. The molecule has 1 saturated heterocycles. The number of primary amides is 1. The molecule has 1 amide bonds. The number of carbonyl (C=O) groups is 1. The van der Waals surface area contributed by atoms with E-state index in [9.17, 15) is 14.3 Å². The van der Waals surface area contributed by atoms with Crippen molar-refractivity contribution in [1.29, 1.82) is 0 Å². The van der Waals surface area contributed by atoms with Crippen molar-refractivity contribution in [2.24, 2.45) is 5.73 Å². The summed E-state index contributed by atoms with van der Waals surface area (Å²) in [6.45, 7) is 2.16. The first kappa shape index (κ1) is 13.8. The third kappa shape index (κ3) is 2.71. The number of carbonyl (C=O) groups excluding carboxylic acids is 1. The Hall–Kier alpha value is -1.62. The third-order valence-corrected chi connectivity index (χ3v) is 3.59. The number of piperidine rings is 1. The highest BCUT2D eigenvalue weighted by Crippen LogP contribution is 2.33. The summed E-state index contributed by atoms with van der Waals surface area (Å²) in [5.74, 6) is -0.869. The maximum Gasteiger partial charge on any atom is 0.240 e. The standard InChI is InChI=1S/C14H19FN2O2/c1-9(18)10-5-4-6-11(15)13(10)17-8-3-2-7-12(17)14(16)19/h4-6,9,12,18H,2-3,7-8H2,1H3,(H2,16,19)/t9-,12?/m1/s1. The maximum atomic E-state index is 14.1. The molecule has 19 heavy (non-hydrogen) atoms. The molecule has 1 fully saturated rings. The lowest BCUT2D eigenvalue weighted by Crippen LogP contribution is -2.48. The number of para-hydroxylation sites is 1. The molecular formula is C14H19FN2O2. The summed E-state index contributed by atoms with van der Waals surface area (Å²) in [5, 5.41) is 9.77. The zero-order valence-corrected chi connectivity index (χ0v) is 11.0. The van der Waals surface area contributed by atoms with E-state index in [0.717, 1.165) is 12.8 Å². The molecule has 1 heterocycles. The topological polar surface area (TPSA) is 66.6 Å². The van der Waals surface area contributed by atoms with Crippen LogP contribution in [0.4, 0.5) is 10.1 Å². The molecule has 0 aromatic heterocycles. The number of amides is 1. The maximum absolute atomic E-state index is 14.1. The van der Waals surface area contributed by atoms with Gasteiger partial charge in [0.2, 0.25) is 5.91 Å². The molecule has 0 spiro atoms. The van der Waals surface area contributed by atoms with Crippen LogP contribution in [-0.2, 0) is 4.79 Å². The van der Waals surface area contributed by atoms with Crippen LogP contribution in [0.3, 0.4) is 0 Å². The number of rotatable bonds is 3. The Balaban J connectivity index is 2.46. The zero-order valence-electron chi connectivity index (χ0n) is 11.0. The second-order valence-electron chi connectivity index (χ2n) is 4.96. The Morgan fingerprint density at radius 1 is 1.53 bits per heavy atom. The average molecular weight is 266 g/mol. The van der Waals surface area contributed by atoms with Crippen LogP contribution in [0.2, 0.25) is 0 Å². The van der Waals surface area contributed by atoms with E-state index in [1.54, 1.807) is 24.0 Å². The predicted molar refractivity (Wildman–Crippen MR) is 71.2 cm³/mol. The molecule has 4 nitrogen and oxygen atoms in total. The van der Waals surface area contributed by atoms with Crippen LogP contribution in [-0.4, -0.2) is 23.6 Å². The van der Waals surface area contributed by atoms with Crippen LogP contribution < -0.4 is 10.6 Å². The highest BCUT2D eigenvalue weighted by atomic mass is 19.1. The monoisotopic (exact) mass is 266 g/mol. The first-order valence-corrected chi connectivity index (χ1v) is 6.54. The van der Waals surface area contributed by atoms with Gasteiger partial charge in [0, 0.05) is 12.1 Å². The molecule has 1 unspecified atom stereocenters. The van der Waals surface area contributed by atoms with Gasteiger partial charge in [0.05, 0.1) is 11.8 Å². The van der Waals surface area contributed by atoms with E-state index in [1.165, 1.54) is 6.07 Å². The van der Waals surface area contributed by atoms with Gasteiger partial charge in [-0.2, -0.15) is 0 Å². The van der Waals surface area contributed by atoms with Crippen molar-refractivity contribution >= 4 is 11.6 Å². The molecule has 0 bridgehead atoms. The van der Waals surface area contributed by atoms with Gasteiger partial charge < -0.3 is 15.7 Å². The Bertz CT molecular complexity index is 477. The van der Waals surface area contributed by atoms with Crippen LogP contribution in [0.5, 0.6) is 0 Å². The third-order valence-electron chi connectivity index (χ3n) is 3.59. The van der Waals surface area contributed by atoms with Gasteiger partial charge in [-0.15, -0.1) is 0 Å². The molecule has 1 aliphatic heterocycles. The molecule has 0 saturated carbocycles. The minimum Gasteiger partial charge on any atom is -0.389 e. The number of halogens is 1. The fourth-order valence-corrected chi connectivity index (χ4v) is 2.67. The number of benzene rings is 1. The summed E-state index contributed by atoms with van der Waals surface area (Å²) in [4.78, 5) is 13.2. The summed E-state index contributed by atoms with van der Waals surface area (Å²) in [7, 11) is 0. The number of nitrogens with zero attached hydrogens (tertiary/aromatic N) is 1. The van der Waals surface area contributed by atoms with Crippen LogP contribution in [0, 0.1) is 5.82 Å². The van der Waals surface area contributed by atoms with Gasteiger partial charge in [-0.05, 0) is 32.3 Å². The summed E-state index contributed by atoms with van der Waals surface area (Å²) >= 11 is 0. The normalized spacial score (nSPS) is 21.2. The smallest absolute Gasteiger partial charge is 0.240 e. The van der Waals surface area contributed by atoms with Crippen molar-refractivity contribution in [3.05, 3.63) is 29.6 Å². The Kier molecular flexibility index (Phi) is 4.04. The lowest BCUT2D eigenvalue weighted by Gasteiger charge is -2.37.